The predicted octanol–water partition coefficient (Wildman–Crippen LogP) is 6.71. The number of aryl methyl sites for hydroxylation is 1. The molecule has 208 valence electrons. The van der Waals surface area contributed by atoms with Crippen molar-refractivity contribution in [1.29, 1.82) is 0 Å². The average Bonchev–Trinajstić information content (AvgIpc) is 2.86. The number of carbonyl (C=O) groups excluding carboxylic acids is 1. The molecule has 7 nitrogen and oxygen atoms in total. The number of esters is 1. The maximum atomic E-state index is 11.4. The zero-order chi connectivity index (χ0) is 26.3. The molecule has 0 heterocycles. The lowest BCUT2D eigenvalue weighted by Crippen LogP contribution is -2.22. The molecule has 0 spiro atoms. The van der Waals surface area contributed by atoms with E-state index in [9.17, 15) is 9.69 Å². The molecule has 0 saturated heterocycles. The Bertz CT molecular complexity index is 645. The van der Waals surface area contributed by atoms with E-state index in [0.717, 1.165) is 31.6 Å². The van der Waals surface area contributed by atoms with Crippen LogP contribution in [0, 0.1) is 0 Å². The molecule has 0 amide bonds. The van der Waals surface area contributed by atoms with E-state index in [1.54, 1.807) is 7.05 Å². The number of benzene rings is 1. The van der Waals surface area contributed by atoms with E-state index in [0.29, 0.717) is 19.6 Å². The highest BCUT2D eigenvalue weighted by molar-refractivity contribution is 7.40. The maximum Gasteiger partial charge on any atom is 0.330 e. The van der Waals surface area contributed by atoms with Crippen molar-refractivity contribution in [3.63, 3.8) is 0 Å². The summed E-state index contributed by atoms with van der Waals surface area (Å²) in [5.41, 5.74) is 1.21. The lowest BCUT2D eigenvalue weighted by atomic mass is 10.1. The quantitative estimate of drug-likeness (QED) is 0.0877. The standard InChI is InChI=1S/C28H50NO6P/c1-4-5-6-7-8-9-10-11-12-13-22-32-27-19-17-26(18-20-27)15-14-16-28(35-25(2)30)24-34-36(31)33-23-21-29-3/h17-20,28-29,31H,4-16,21-24H2,1-3H3. The van der Waals surface area contributed by atoms with Gasteiger partial charge in [0, 0.05) is 13.5 Å². The minimum atomic E-state index is -1.97. The number of rotatable bonds is 24. The Morgan fingerprint density at radius 1 is 0.917 bits per heavy atom. The monoisotopic (exact) mass is 527 g/mol. The van der Waals surface area contributed by atoms with Gasteiger partial charge in [0.1, 0.15) is 11.9 Å². The summed E-state index contributed by atoms with van der Waals surface area (Å²) >= 11 is 0. The SMILES string of the molecule is CCCCCCCCCCCCOc1ccc(CCCC(COP(O)OCCNC)OC(C)=O)cc1. The van der Waals surface area contributed by atoms with Gasteiger partial charge in [0.2, 0.25) is 0 Å². The molecule has 0 saturated carbocycles. The molecule has 0 aliphatic heterocycles. The molecule has 2 N–H and O–H groups in total. The second-order valence-corrected chi connectivity index (χ2v) is 10.3. The van der Waals surface area contributed by atoms with Gasteiger partial charge in [-0.3, -0.25) is 4.79 Å². The van der Waals surface area contributed by atoms with E-state index in [1.165, 1.54) is 70.3 Å². The van der Waals surface area contributed by atoms with Crippen LogP contribution < -0.4 is 10.1 Å². The van der Waals surface area contributed by atoms with Crippen LogP contribution in [-0.2, 0) is 25.0 Å². The fourth-order valence-corrected chi connectivity index (χ4v) is 4.50. The molecule has 1 aromatic rings. The molecule has 0 fully saturated rings. The normalized spacial score (nSPS) is 12.9. The molecular weight excluding hydrogens is 477 g/mol. The van der Waals surface area contributed by atoms with Crippen LogP contribution in [0.15, 0.2) is 24.3 Å². The topological polar surface area (TPSA) is 86.2 Å². The third-order valence-electron chi connectivity index (χ3n) is 5.94. The molecule has 0 aliphatic rings. The zero-order valence-corrected chi connectivity index (χ0v) is 23.7. The summed E-state index contributed by atoms with van der Waals surface area (Å²) in [6.07, 6.45) is 15.2. The van der Waals surface area contributed by atoms with Gasteiger partial charge in [0.15, 0.2) is 0 Å². The third kappa shape index (κ3) is 18.9. The average molecular weight is 528 g/mol. The molecule has 0 radical (unpaired) electrons. The van der Waals surface area contributed by atoms with Gasteiger partial charge in [-0.25, -0.2) is 0 Å². The second kappa shape index (κ2) is 22.9. The molecule has 1 aromatic carbocycles. The van der Waals surface area contributed by atoms with Crippen molar-refractivity contribution in [3.05, 3.63) is 29.8 Å². The van der Waals surface area contributed by atoms with Crippen LogP contribution in [0.4, 0.5) is 0 Å². The number of nitrogens with one attached hydrogen (secondary N) is 1. The first kappa shape index (κ1) is 32.8. The number of likely N-dealkylation sites (N-methyl/N-ethyl adjacent to an activating group) is 1. The predicted molar refractivity (Wildman–Crippen MR) is 147 cm³/mol. The molecule has 0 aromatic heterocycles. The van der Waals surface area contributed by atoms with Crippen LogP contribution in [-0.4, -0.2) is 50.4 Å². The van der Waals surface area contributed by atoms with Crippen LogP contribution >= 0.6 is 8.60 Å². The van der Waals surface area contributed by atoms with Crippen LogP contribution in [0.25, 0.3) is 0 Å². The van der Waals surface area contributed by atoms with Gasteiger partial charge in [-0.1, -0.05) is 76.8 Å². The molecule has 0 bridgehead atoms. The van der Waals surface area contributed by atoms with E-state index < -0.39 is 14.7 Å². The van der Waals surface area contributed by atoms with E-state index in [4.69, 9.17) is 18.5 Å². The Hall–Kier alpha value is -1.24. The van der Waals surface area contributed by atoms with Gasteiger partial charge >= 0.3 is 14.6 Å². The van der Waals surface area contributed by atoms with E-state index in [2.05, 4.69) is 24.4 Å². The lowest BCUT2D eigenvalue weighted by molar-refractivity contribution is -0.148. The Morgan fingerprint density at radius 2 is 1.56 bits per heavy atom. The van der Waals surface area contributed by atoms with Crippen molar-refractivity contribution in [2.24, 2.45) is 0 Å². The fourth-order valence-electron chi connectivity index (χ4n) is 3.89. The van der Waals surface area contributed by atoms with Gasteiger partial charge in [-0.15, -0.1) is 0 Å². The molecule has 2 unspecified atom stereocenters. The van der Waals surface area contributed by atoms with Crippen molar-refractivity contribution >= 4 is 14.6 Å². The van der Waals surface area contributed by atoms with E-state index in [-0.39, 0.29) is 12.6 Å². The Morgan fingerprint density at radius 3 is 2.17 bits per heavy atom. The zero-order valence-electron chi connectivity index (χ0n) is 22.8. The summed E-state index contributed by atoms with van der Waals surface area (Å²) in [7, 11) is -0.165. The summed E-state index contributed by atoms with van der Waals surface area (Å²) in [4.78, 5) is 21.2. The van der Waals surface area contributed by atoms with Gasteiger partial charge in [0.25, 0.3) is 0 Å². The Labute approximate surface area is 220 Å². The number of ether oxygens (including phenoxy) is 2. The molecule has 36 heavy (non-hydrogen) atoms. The first-order chi connectivity index (χ1) is 17.5. The Balaban J connectivity index is 2.17. The smallest absolute Gasteiger partial charge is 0.330 e. The number of carbonyl (C=O) groups is 1. The molecule has 1 rings (SSSR count). The summed E-state index contributed by atoms with van der Waals surface area (Å²) in [5.74, 6) is 0.557. The minimum Gasteiger partial charge on any atom is -0.494 e. The van der Waals surface area contributed by atoms with Gasteiger partial charge in [0.05, 0.1) is 19.8 Å². The van der Waals surface area contributed by atoms with Crippen LogP contribution in [0.1, 0.15) is 96.5 Å². The molecule has 8 heteroatoms. The van der Waals surface area contributed by atoms with Gasteiger partial charge in [-0.2, -0.15) is 0 Å². The van der Waals surface area contributed by atoms with Crippen molar-refractivity contribution in [3.8, 4) is 5.75 Å². The van der Waals surface area contributed by atoms with E-state index in [1.807, 2.05) is 12.1 Å². The minimum absolute atomic E-state index is 0.118. The fraction of sp³-hybridized carbons (Fsp3) is 0.750. The molecular formula is C28H50NO6P. The van der Waals surface area contributed by atoms with Gasteiger partial charge in [-0.05, 0) is 50.4 Å². The second-order valence-electron chi connectivity index (χ2n) is 9.27. The number of hydrogen-bond acceptors (Lipinski definition) is 7. The van der Waals surface area contributed by atoms with Crippen molar-refractivity contribution in [1.82, 2.24) is 5.32 Å². The first-order valence-corrected chi connectivity index (χ1v) is 15.0. The largest absolute Gasteiger partial charge is 0.494 e. The molecule has 2 atom stereocenters. The summed E-state index contributed by atoms with van der Waals surface area (Å²) in [6.45, 7) is 5.51. The summed E-state index contributed by atoms with van der Waals surface area (Å²) in [6, 6.07) is 8.24. The van der Waals surface area contributed by atoms with E-state index >= 15 is 0 Å². The maximum absolute atomic E-state index is 11.4. The first-order valence-electron chi connectivity index (χ1n) is 13.8. The number of unbranched alkanes of at least 4 members (excludes halogenated alkanes) is 9. The van der Waals surface area contributed by atoms with Crippen molar-refractivity contribution < 1.29 is 28.2 Å². The Kier molecular flexibility index (Phi) is 20.9. The summed E-state index contributed by atoms with van der Waals surface area (Å²) < 4.78 is 21.8. The lowest BCUT2D eigenvalue weighted by Gasteiger charge is -2.18. The van der Waals surface area contributed by atoms with Crippen molar-refractivity contribution in [2.45, 2.75) is 103 Å². The van der Waals surface area contributed by atoms with Crippen LogP contribution in [0.5, 0.6) is 5.75 Å². The molecule has 0 aliphatic carbocycles. The van der Waals surface area contributed by atoms with Gasteiger partial charge < -0.3 is 28.7 Å². The third-order valence-corrected chi connectivity index (χ3v) is 6.71. The van der Waals surface area contributed by atoms with Crippen LogP contribution in [0.2, 0.25) is 0 Å². The van der Waals surface area contributed by atoms with Crippen molar-refractivity contribution in [2.75, 3.05) is 33.4 Å². The highest BCUT2D eigenvalue weighted by Gasteiger charge is 2.16. The highest BCUT2D eigenvalue weighted by atomic mass is 31.2. The number of hydrogen-bond donors (Lipinski definition) is 2. The highest BCUT2D eigenvalue weighted by Crippen LogP contribution is 2.33. The van der Waals surface area contributed by atoms with Crippen LogP contribution in [0.3, 0.4) is 0 Å². The summed E-state index contributed by atoms with van der Waals surface area (Å²) in [5, 5.41) is 2.93.